The van der Waals surface area contributed by atoms with E-state index in [9.17, 15) is 9.59 Å². The van der Waals surface area contributed by atoms with Gasteiger partial charge in [0, 0.05) is 32.6 Å². The third-order valence-corrected chi connectivity index (χ3v) is 4.52. The zero-order valence-corrected chi connectivity index (χ0v) is 13.9. The molecule has 1 atom stereocenters. The molecule has 2 amide bonds. The molecule has 0 aromatic heterocycles. The fourth-order valence-corrected chi connectivity index (χ4v) is 3.93. The Morgan fingerprint density at radius 2 is 2.00 bits per heavy atom. The first kappa shape index (κ1) is 14.9. The molecule has 2 rings (SSSR count). The minimum absolute atomic E-state index is 0.0689. The van der Waals surface area contributed by atoms with Gasteiger partial charge in [-0.05, 0) is 18.2 Å². The first-order valence-corrected chi connectivity index (χ1v) is 8.43. The zero-order valence-electron chi connectivity index (χ0n) is 9.91. The van der Waals surface area contributed by atoms with Gasteiger partial charge in [-0.3, -0.25) is 9.59 Å². The Balaban J connectivity index is 2.05. The van der Waals surface area contributed by atoms with Crippen molar-refractivity contribution in [2.45, 2.75) is 12.5 Å². The second kappa shape index (κ2) is 6.76. The maximum absolute atomic E-state index is 12.1. The largest absolute Gasteiger partial charge is 0.343 e. The highest BCUT2D eigenvalue weighted by Crippen LogP contribution is 2.23. The van der Waals surface area contributed by atoms with Crippen molar-refractivity contribution >= 4 is 61.1 Å². The molecule has 1 fully saturated rings. The summed E-state index contributed by atoms with van der Waals surface area (Å²) in [6.45, 7) is 0. The average Bonchev–Trinajstić information content (AvgIpc) is 2.52. The minimum Gasteiger partial charge on any atom is -0.343 e. The van der Waals surface area contributed by atoms with E-state index in [4.69, 9.17) is 0 Å². The van der Waals surface area contributed by atoms with E-state index in [2.05, 4.69) is 42.5 Å². The number of nitrogens with one attached hydrogen (secondary N) is 2. The molecule has 0 spiro atoms. The van der Waals surface area contributed by atoms with Crippen LogP contribution in [0.15, 0.2) is 27.1 Å². The predicted molar refractivity (Wildman–Crippen MR) is 84.3 cm³/mol. The summed E-state index contributed by atoms with van der Waals surface area (Å²) in [6.07, 6.45) is 0.469. The molecule has 7 heteroatoms. The normalized spacial score (nSPS) is 19.5. The molecule has 0 radical (unpaired) electrons. The van der Waals surface area contributed by atoms with E-state index >= 15 is 0 Å². The SMILES string of the molecule is O=C1CCSC[C@@H](C(=O)Nc2cc(Br)cc(Br)c2)N1. The second-order valence-corrected chi connectivity index (χ2v) is 7.07. The van der Waals surface area contributed by atoms with Crippen LogP contribution in [0, 0.1) is 0 Å². The van der Waals surface area contributed by atoms with Crippen LogP contribution in [0.3, 0.4) is 0 Å². The first-order valence-electron chi connectivity index (χ1n) is 5.68. The maximum atomic E-state index is 12.1. The summed E-state index contributed by atoms with van der Waals surface area (Å²) in [5, 5.41) is 5.55. The highest BCUT2D eigenvalue weighted by molar-refractivity contribution is 9.11. The maximum Gasteiger partial charge on any atom is 0.247 e. The summed E-state index contributed by atoms with van der Waals surface area (Å²) in [5.74, 6) is 1.11. The van der Waals surface area contributed by atoms with Crippen LogP contribution >= 0.6 is 43.6 Å². The van der Waals surface area contributed by atoms with Gasteiger partial charge < -0.3 is 10.6 Å². The van der Waals surface area contributed by atoms with E-state index in [1.54, 1.807) is 11.8 Å². The minimum atomic E-state index is -0.474. The lowest BCUT2D eigenvalue weighted by atomic mass is 10.2. The molecule has 1 aliphatic rings. The zero-order chi connectivity index (χ0) is 13.8. The topological polar surface area (TPSA) is 58.2 Å². The van der Waals surface area contributed by atoms with Crippen molar-refractivity contribution in [1.29, 1.82) is 0 Å². The van der Waals surface area contributed by atoms with Crippen LogP contribution in [-0.2, 0) is 9.59 Å². The smallest absolute Gasteiger partial charge is 0.247 e. The van der Waals surface area contributed by atoms with Gasteiger partial charge in [0.2, 0.25) is 11.8 Å². The second-order valence-electron chi connectivity index (χ2n) is 4.09. The summed E-state index contributed by atoms with van der Waals surface area (Å²) in [7, 11) is 0. The number of halogens is 2. The first-order chi connectivity index (χ1) is 9.04. The average molecular weight is 408 g/mol. The number of rotatable bonds is 2. The summed E-state index contributed by atoms with van der Waals surface area (Å²) >= 11 is 8.34. The van der Waals surface area contributed by atoms with Gasteiger partial charge in [-0.2, -0.15) is 11.8 Å². The van der Waals surface area contributed by atoms with Crippen LogP contribution in [0.2, 0.25) is 0 Å². The van der Waals surface area contributed by atoms with Gasteiger partial charge >= 0.3 is 0 Å². The number of amides is 2. The fourth-order valence-electron chi connectivity index (χ4n) is 1.67. The van der Waals surface area contributed by atoms with Gasteiger partial charge in [-0.15, -0.1) is 0 Å². The lowest BCUT2D eigenvalue weighted by molar-refractivity contribution is -0.125. The van der Waals surface area contributed by atoms with E-state index in [0.29, 0.717) is 17.9 Å². The van der Waals surface area contributed by atoms with Gasteiger partial charge in [-0.25, -0.2) is 0 Å². The van der Waals surface area contributed by atoms with Crippen LogP contribution in [0.1, 0.15) is 6.42 Å². The molecule has 1 aliphatic heterocycles. The molecule has 1 aromatic rings. The van der Waals surface area contributed by atoms with Crippen LogP contribution in [-0.4, -0.2) is 29.4 Å². The van der Waals surface area contributed by atoms with E-state index in [1.807, 2.05) is 18.2 Å². The summed E-state index contributed by atoms with van der Waals surface area (Å²) < 4.78 is 1.74. The Hall–Kier alpha value is -0.530. The molecule has 0 bridgehead atoms. The molecule has 0 aliphatic carbocycles. The van der Waals surface area contributed by atoms with Crippen molar-refractivity contribution in [1.82, 2.24) is 5.32 Å². The molecular weight excluding hydrogens is 396 g/mol. The molecule has 1 aromatic carbocycles. The fraction of sp³-hybridized carbons (Fsp3) is 0.333. The molecule has 0 unspecified atom stereocenters. The van der Waals surface area contributed by atoms with Gasteiger partial charge in [0.05, 0.1) is 0 Å². The van der Waals surface area contributed by atoms with Crippen LogP contribution < -0.4 is 10.6 Å². The number of benzene rings is 1. The van der Waals surface area contributed by atoms with Crippen molar-refractivity contribution < 1.29 is 9.59 Å². The lowest BCUT2D eigenvalue weighted by Gasteiger charge is -2.15. The predicted octanol–water partition coefficient (Wildman–Crippen LogP) is 2.77. The Morgan fingerprint density at radius 3 is 2.68 bits per heavy atom. The highest BCUT2D eigenvalue weighted by atomic mass is 79.9. The molecule has 1 heterocycles. The highest BCUT2D eigenvalue weighted by Gasteiger charge is 2.23. The van der Waals surface area contributed by atoms with Crippen molar-refractivity contribution in [3.05, 3.63) is 27.1 Å². The van der Waals surface area contributed by atoms with Crippen molar-refractivity contribution in [2.24, 2.45) is 0 Å². The van der Waals surface area contributed by atoms with Crippen LogP contribution in [0.5, 0.6) is 0 Å². The Labute approximate surface area is 132 Å². The summed E-state index contributed by atoms with van der Waals surface area (Å²) in [4.78, 5) is 23.6. The van der Waals surface area contributed by atoms with Crippen molar-refractivity contribution in [3.8, 4) is 0 Å². The number of thioether (sulfide) groups is 1. The van der Waals surface area contributed by atoms with E-state index < -0.39 is 6.04 Å². The van der Waals surface area contributed by atoms with E-state index in [1.165, 1.54) is 0 Å². The van der Waals surface area contributed by atoms with Gasteiger partial charge in [0.25, 0.3) is 0 Å². The summed E-state index contributed by atoms with van der Waals surface area (Å²) in [6, 6.07) is 5.04. The Kier molecular flexibility index (Phi) is 5.29. The monoisotopic (exact) mass is 406 g/mol. The Bertz CT molecular complexity index is 490. The third-order valence-electron chi connectivity index (χ3n) is 2.54. The molecule has 1 saturated heterocycles. The van der Waals surface area contributed by atoms with E-state index in [0.717, 1.165) is 14.7 Å². The van der Waals surface area contributed by atoms with Crippen molar-refractivity contribution in [2.75, 3.05) is 16.8 Å². The quantitative estimate of drug-likeness (QED) is 0.792. The van der Waals surface area contributed by atoms with Gasteiger partial charge in [0.15, 0.2) is 0 Å². The molecular formula is C12H12Br2N2O2S. The Morgan fingerprint density at radius 1 is 1.32 bits per heavy atom. The number of carbonyl (C=O) groups is 2. The molecule has 0 saturated carbocycles. The van der Waals surface area contributed by atoms with Gasteiger partial charge in [0.1, 0.15) is 6.04 Å². The molecule has 19 heavy (non-hydrogen) atoms. The number of hydrogen-bond donors (Lipinski definition) is 2. The molecule has 102 valence electrons. The standard InChI is InChI=1S/C12H12Br2N2O2S/c13-7-3-8(14)5-9(4-7)15-12(18)10-6-19-2-1-11(17)16-10/h3-5,10H,1-2,6H2,(H,15,18)(H,16,17)/t10-/m0/s1. The number of carbonyl (C=O) groups excluding carboxylic acids is 2. The van der Waals surface area contributed by atoms with E-state index in [-0.39, 0.29) is 11.8 Å². The number of hydrogen-bond acceptors (Lipinski definition) is 3. The molecule has 2 N–H and O–H groups in total. The van der Waals surface area contributed by atoms with Crippen LogP contribution in [0.25, 0.3) is 0 Å². The lowest BCUT2D eigenvalue weighted by Crippen LogP contribution is -2.44. The van der Waals surface area contributed by atoms with Crippen molar-refractivity contribution in [3.63, 3.8) is 0 Å². The third kappa shape index (κ3) is 4.50. The molecule has 4 nitrogen and oxygen atoms in total. The van der Waals surface area contributed by atoms with Crippen LogP contribution in [0.4, 0.5) is 5.69 Å². The number of anilines is 1. The summed E-state index contributed by atoms with van der Waals surface area (Å²) in [5.41, 5.74) is 0.690. The van der Waals surface area contributed by atoms with Gasteiger partial charge in [-0.1, -0.05) is 31.9 Å².